The molecule has 2 atom stereocenters. The lowest BCUT2D eigenvalue weighted by Gasteiger charge is -2.28. The number of carbonyl (C=O) groups excluding carboxylic acids is 1. The van der Waals surface area contributed by atoms with Gasteiger partial charge in [0, 0.05) is 19.0 Å². The van der Waals surface area contributed by atoms with Crippen molar-refractivity contribution in [1.29, 1.82) is 0 Å². The monoisotopic (exact) mass is 308 g/mol. The minimum absolute atomic E-state index is 0.0697. The largest absolute Gasteiger partial charge is 0.496 e. The summed E-state index contributed by atoms with van der Waals surface area (Å²) >= 11 is 0. The van der Waals surface area contributed by atoms with Crippen molar-refractivity contribution in [3.63, 3.8) is 0 Å². The summed E-state index contributed by atoms with van der Waals surface area (Å²) in [6, 6.07) is 7.50. The topological polar surface area (TPSA) is 70.6 Å². The molecule has 0 aliphatic rings. The first kappa shape index (κ1) is 18.3. The van der Waals surface area contributed by atoms with E-state index in [1.165, 1.54) is 0 Å². The van der Waals surface area contributed by atoms with Crippen molar-refractivity contribution in [3.8, 4) is 5.75 Å². The summed E-state index contributed by atoms with van der Waals surface area (Å²) in [5.74, 6) is 1.02. The molecule has 5 nitrogen and oxygen atoms in total. The predicted octanol–water partition coefficient (Wildman–Crippen LogP) is 2.50. The van der Waals surface area contributed by atoms with E-state index < -0.39 is 5.60 Å². The zero-order valence-electron chi connectivity index (χ0n) is 14.1. The number of para-hydroxylation sites is 1. The van der Waals surface area contributed by atoms with E-state index in [2.05, 4.69) is 10.6 Å². The van der Waals surface area contributed by atoms with Crippen molar-refractivity contribution < 1.29 is 14.6 Å². The maximum atomic E-state index is 11.8. The fourth-order valence-corrected chi connectivity index (χ4v) is 1.96. The van der Waals surface area contributed by atoms with Gasteiger partial charge in [0.1, 0.15) is 5.75 Å². The van der Waals surface area contributed by atoms with Gasteiger partial charge < -0.3 is 20.5 Å². The van der Waals surface area contributed by atoms with Crippen molar-refractivity contribution in [2.75, 3.05) is 20.2 Å². The number of aliphatic hydroxyl groups is 1. The molecule has 0 bridgehead atoms. The van der Waals surface area contributed by atoms with Crippen molar-refractivity contribution in [3.05, 3.63) is 29.8 Å². The molecule has 0 saturated carbocycles. The molecule has 0 saturated heterocycles. The molecule has 0 radical (unpaired) electrons. The Morgan fingerprint density at radius 1 is 1.27 bits per heavy atom. The molecule has 2 amide bonds. The molecule has 0 aliphatic carbocycles. The quantitative estimate of drug-likeness (QED) is 0.725. The van der Waals surface area contributed by atoms with Gasteiger partial charge in [-0.3, -0.25) is 0 Å². The summed E-state index contributed by atoms with van der Waals surface area (Å²) in [5.41, 5.74) is 0.144. The first-order chi connectivity index (χ1) is 10.3. The average molecular weight is 308 g/mol. The third kappa shape index (κ3) is 5.22. The van der Waals surface area contributed by atoms with E-state index >= 15 is 0 Å². The van der Waals surface area contributed by atoms with Crippen molar-refractivity contribution in [2.24, 2.45) is 5.92 Å². The van der Waals surface area contributed by atoms with E-state index in [1.807, 2.05) is 45.0 Å². The number of nitrogens with one attached hydrogen (secondary N) is 2. The average Bonchev–Trinajstić information content (AvgIpc) is 2.50. The number of methoxy groups -OCH3 is 1. The van der Waals surface area contributed by atoms with Crippen LogP contribution in [0.1, 0.15) is 39.2 Å². The molecule has 0 aromatic heterocycles. The lowest BCUT2D eigenvalue weighted by molar-refractivity contribution is 0.0166. The Morgan fingerprint density at radius 3 is 2.50 bits per heavy atom. The van der Waals surface area contributed by atoms with Crippen molar-refractivity contribution in [1.82, 2.24) is 10.6 Å². The lowest BCUT2D eigenvalue weighted by atomic mass is 9.93. The van der Waals surface area contributed by atoms with Crippen LogP contribution in [0.3, 0.4) is 0 Å². The molecule has 22 heavy (non-hydrogen) atoms. The summed E-state index contributed by atoms with van der Waals surface area (Å²) in [4.78, 5) is 11.8. The van der Waals surface area contributed by atoms with Crippen LogP contribution in [-0.2, 0) is 0 Å². The maximum absolute atomic E-state index is 11.8. The second-order valence-electron chi connectivity index (χ2n) is 6.22. The summed E-state index contributed by atoms with van der Waals surface area (Å²) in [5, 5.41) is 15.6. The molecule has 0 spiro atoms. The Bertz CT molecular complexity index is 487. The highest BCUT2D eigenvalue weighted by atomic mass is 16.5. The van der Waals surface area contributed by atoms with Gasteiger partial charge in [0.15, 0.2) is 0 Å². The molecule has 124 valence electrons. The Hall–Kier alpha value is -1.75. The van der Waals surface area contributed by atoms with Gasteiger partial charge in [-0.25, -0.2) is 4.79 Å². The molecule has 0 heterocycles. The standard InChI is InChI=1S/C17H28N2O3/c1-12(2)17(4,21)11-19-16(20)18-10-13(3)14-8-6-7-9-15(14)22-5/h6-9,12-13,21H,10-11H2,1-5H3,(H2,18,19,20). The molecule has 1 rings (SSSR count). The molecule has 2 unspecified atom stereocenters. The minimum Gasteiger partial charge on any atom is -0.496 e. The van der Waals surface area contributed by atoms with Gasteiger partial charge in [0.05, 0.1) is 12.7 Å². The van der Waals surface area contributed by atoms with Crippen LogP contribution in [0.2, 0.25) is 0 Å². The van der Waals surface area contributed by atoms with Gasteiger partial charge >= 0.3 is 6.03 Å². The highest BCUT2D eigenvalue weighted by Crippen LogP contribution is 2.25. The number of urea groups is 1. The molecular formula is C17H28N2O3. The summed E-state index contributed by atoms with van der Waals surface area (Å²) < 4.78 is 5.33. The SMILES string of the molecule is COc1ccccc1C(C)CNC(=O)NCC(C)(O)C(C)C. The summed E-state index contributed by atoms with van der Waals surface area (Å²) in [6.45, 7) is 8.31. The van der Waals surface area contributed by atoms with E-state index in [1.54, 1.807) is 14.0 Å². The van der Waals surface area contributed by atoms with Crippen LogP contribution in [0.25, 0.3) is 0 Å². The lowest BCUT2D eigenvalue weighted by Crippen LogP contribution is -2.47. The Kier molecular flexibility index (Phi) is 6.68. The smallest absolute Gasteiger partial charge is 0.314 e. The normalized spacial score (nSPS) is 15.0. The zero-order chi connectivity index (χ0) is 16.8. The van der Waals surface area contributed by atoms with E-state index in [-0.39, 0.29) is 24.4 Å². The molecule has 3 N–H and O–H groups in total. The first-order valence-electron chi connectivity index (χ1n) is 7.65. The number of ether oxygens (including phenoxy) is 1. The van der Waals surface area contributed by atoms with Gasteiger partial charge in [0.2, 0.25) is 0 Å². The molecule has 1 aromatic rings. The molecule has 0 fully saturated rings. The van der Waals surface area contributed by atoms with E-state index in [0.717, 1.165) is 11.3 Å². The minimum atomic E-state index is -0.911. The van der Waals surface area contributed by atoms with Crippen LogP contribution < -0.4 is 15.4 Å². The third-order valence-corrected chi connectivity index (χ3v) is 4.09. The highest BCUT2D eigenvalue weighted by molar-refractivity contribution is 5.74. The molecule has 0 aliphatic heterocycles. The van der Waals surface area contributed by atoms with E-state index in [4.69, 9.17) is 4.74 Å². The third-order valence-electron chi connectivity index (χ3n) is 4.09. The molecular weight excluding hydrogens is 280 g/mol. The van der Waals surface area contributed by atoms with Crippen LogP contribution in [-0.4, -0.2) is 36.9 Å². The number of hydrogen-bond donors (Lipinski definition) is 3. The number of hydrogen-bond acceptors (Lipinski definition) is 3. The van der Waals surface area contributed by atoms with Crippen LogP contribution in [0.4, 0.5) is 4.79 Å². The molecule has 5 heteroatoms. The maximum Gasteiger partial charge on any atom is 0.314 e. The van der Waals surface area contributed by atoms with Gasteiger partial charge in [-0.1, -0.05) is 39.0 Å². The number of benzene rings is 1. The second-order valence-corrected chi connectivity index (χ2v) is 6.22. The summed E-state index contributed by atoms with van der Waals surface area (Å²) in [7, 11) is 1.64. The Morgan fingerprint density at radius 2 is 1.91 bits per heavy atom. The van der Waals surface area contributed by atoms with E-state index in [9.17, 15) is 9.90 Å². The van der Waals surface area contributed by atoms with Crippen molar-refractivity contribution in [2.45, 2.75) is 39.2 Å². The number of carbonyl (C=O) groups is 1. The van der Waals surface area contributed by atoms with Gasteiger partial charge in [0.25, 0.3) is 0 Å². The van der Waals surface area contributed by atoms with Crippen molar-refractivity contribution >= 4 is 6.03 Å². The Labute approximate surface area is 133 Å². The van der Waals surface area contributed by atoms with E-state index in [0.29, 0.717) is 6.54 Å². The summed E-state index contributed by atoms with van der Waals surface area (Å²) in [6.07, 6.45) is 0. The highest BCUT2D eigenvalue weighted by Gasteiger charge is 2.25. The Balaban J connectivity index is 2.47. The van der Waals surface area contributed by atoms with Crippen LogP contribution in [0.15, 0.2) is 24.3 Å². The van der Waals surface area contributed by atoms with Crippen LogP contribution >= 0.6 is 0 Å². The van der Waals surface area contributed by atoms with Gasteiger partial charge in [-0.15, -0.1) is 0 Å². The second kappa shape index (κ2) is 8.03. The molecule has 1 aromatic carbocycles. The van der Waals surface area contributed by atoms with Crippen LogP contribution in [0, 0.1) is 5.92 Å². The first-order valence-corrected chi connectivity index (χ1v) is 7.65. The number of rotatable bonds is 7. The van der Waals surface area contributed by atoms with Gasteiger partial charge in [-0.2, -0.15) is 0 Å². The van der Waals surface area contributed by atoms with Crippen LogP contribution in [0.5, 0.6) is 5.75 Å². The fourth-order valence-electron chi connectivity index (χ4n) is 1.96. The predicted molar refractivity (Wildman–Crippen MR) is 88.3 cm³/mol. The fraction of sp³-hybridized carbons (Fsp3) is 0.588. The zero-order valence-corrected chi connectivity index (χ0v) is 14.1. The number of amides is 2. The van der Waals surface area contributed by atoms with Gasteiger partial charge in [-0.05, 0) is 24.5 Å².